The molecule has 22 nitrogen and oxygen atoms in total. The molecule has 4 aromatic rings. The van der Waals surface area contributed by atoms with Crippen molar-refractivity contribution in [2.75, 3.05) is 45.8 Å². The van der Waals surface area contributed by atoms with Crippen LogP contribution in [0.1, 0.15) is 144 Å². The number of halogens is 1. The summed E-state index contributed by atoms with van der Waals surface area (Å²) in [6.45, 7) is 12.1. The number of nitrogens with one attached hydrogen (secondary N) is 5. The van der Waals surface area contributed by atoms with Crippen molar-refractivity contribution in [2.45, 2.75) is 154 Å². The lowest BCUT2D eigenvalue weighted by Crippen LogP contribution is -2.56. The van der Waals surface area contributed by atoms with Crippen LogP contribution in [0.4, 0.5) is 4.39 Å². The van der Waals surface area contributed by atoms with Gasteiger partial charge in [0.15, 0.2) is 5.60 Å². The number of sulfone groups is 1. The number of hydrogen-bond donors (Lipinski definition) is 6. The maximum atomic E-state index is 15.4. The van der Waals surface area contributed by atoms with Gasteiger partial charge in [-0.15, -0.1) is 0 Å². The summed E-state index contributed by atoms with van der Waals surface area (Å²) < 4.78 is 51.0. The molecule has 1 aromatic carbocycles. The topological polar surface area (TPSA) is 299 Å². The van der Waals surface area contributed by atoms with E-state index in [9.17, 15) is 47.1 Å². The van der Waals surface area contributed by atoms with Crippen LogP contribution in [0.2, 0.25) is 0 Å². The lowest BCUT2D eigenvalue weighted by atomic mass is 9.81. The Balaban J connectivity index is 0.937. The molecule has 24 heteroatoms. The van der Waals surface area contributed by atoms with Gasteiger partial charge in [0.05, 0.1) is 47.2 Å². The molecule has 0 spiro atoms. The Hall–Kier alpha value is -7.20. The number of ether oxygens (including phenoxy) is 2. The lowest BCUT2D eigenvalue weighted by molar-refractivity contribution is -0.172. The van der Waals surface area contributed by atoms with Gasteiger partial charge < -0.3 is 50.6 Å². The van der Waals surface area contributed by atoms with Gasteiger partial charge in [0.25, 0.3) is 5.56 Å². The summed E-state index contributed by atoms with van der Waals surface area (Å²) in [4.78, 5) is 109. The lowest BCUT2D eigenvalue weighted by Gasteiger charge is -2.31. The zero-order valence-corrected chi connectivity index (χ0v) is 47.8. The maximum Gasteiger partial charge on any atom is 0.343 e. The van der Waals surface area contributed by atoms with Crippen molar-refractivity contribution in [3.63, 3.8) is 0 Å². The molecule has 0 saturated carbocycles. The summed E-state index contributed by atoms with van der Waals surface area (Å²) in [5.74, 6) is 1.33. The van der Waals surface area contributed by atoms with Crippen molar-refractivity contribution in [3.05, 3.63) is 79.6 Å². The minimum absolute atomic E-state index is 0.0453. The highest BCUT2D eigenvalue weighted by atomic mass is 32.2. The smallest absolute Gasteiger partial charge is 0.343 e. The predicted octanol–water partition coefficient (Wildman–Crippen LogP) is 3.17. The second-order valence-electron chi connectivity index (χ2n) is 21.2. The molecule has 4 atom stereocenters. The average molecular weight is 1140 g/mol. The number of esters is 1. The number of aromatic nitrogens is 4. The van der Waals surface area contributed by atoms with E-state index < -0.39 is 100 Å². The standard InChI is InChI=1S/C57H73FN10O12S/c1-8-21-67(22-9-2)23-15-14-17-42(65-53(73)50(33(4)5)66-45(69)18-13-11-12-16-35-26-60-56(61-27-35)81(7,77)78)52(72)59-28-46(70)62-32-79-31-47(71)63-41-20-19-36-34(6)40(58)25-43-48(36)49(41)37-29-68-44(51(37)64-43)24-39-38(54(68)74)30-80-55(75)57(39,76)10-3/h24-27,33,41-42,50,76H,8-11,13-15,17-23,28-32H2,1-7H3,(H,59,72)(H,62,70)(H,63,71)(H,65,73)(H,66,69)/t41-,42-,50-,57-/m0/s1. The van der Waals surface area contributed by atoms with Crippen LogP contribution >= 0.6 is 0 Å². The summed E-state index contributed by atoms with van der Waals surface area (Å²) in [7, 11) is -3.55. The Morgan fingerprint density at radius 1 is 0.951 bits per heavy atom. The highest BCUT2D eigenvalue weighted by Crippen LogP contribution is 2.46. The van der Waals surface area contributed by atoms with E-state index >= 15 is 4.39 Å². The van der Waals surface area contributed by atoms with Gasteiger partial charge in [-0.1, -0.05) is 46.5 Å². The number of hydrogen-bond acceptors (Lipinski definition) is 16. The van der Waals surface area contributed by atoms with E-state index in [1.165, 1.54) is 23.0 Å². The minimum atomic E-state index is -3.55. The van der Waals surface area contributed by atoms with Crippen LogP contribution in [0.3, 0.4) is 0 Å². The number of carbonyl (C=O) groups excluding carboxylic acids is 6. The summed E-state index contributed by atoms with van der Waals surface area (Å²) >= 11 is 0. The molecule has 0 fully saturated rings. The van der Waals surface area contributed by atoms with Crippen molar-refractivity contribution in [1.29, 1.82) is 0 Å². The fraction of sp³-hybridized carbons (Fsp3) is 0.544. The Kier molecular flexibility index (Phi) is 20.5. The monoisotopic (exact) mass is 1140 g/mol. The molecule has 3 aliphatic rings. The first kappa shape index (κ1) is 61.4. The fourth-order valence-corrected chi connectivity index (χ4v) is 11.1. The molecule has 436 valence electrons. The minimum Gasteiger partial charge on any atom is -0.458 e. The molecule has 5 heterocycles. The molecule has 3 aromatic heterocycles. The van der Waals surface area contributed by atoms with Crippen LogP contribution < -0.4 is 32.1 Å². The van der Waals surface area contributed by atoms with Gasteiger partial charge in [-0.25, -0.2) is 32.6 Å². The van der Waals surface area contributed by atoms with Crippen molar-refractivity contribution in [2.24, 2.45) is 5.92 Å². The Morgan fingerprint density at radius 3 is 2.36 bits per heavy atom. The van der Waals surface area contributed by atoms with Gasteiger partial charge in [0, 0.05) is 54.1 Å². The molecule has 2 aliphatic heterocycles. The molecule has 1 aliphatic carbocycles. The third-order valence-electron chi connectivity index (χ3n) is 14.8. The van der Waals surface area contributed by atoms with Gasteiger partial charge in [-0.3, -0.25) is 28.8 Å². The molecular formula is C57H73FN10O12S. The number of fused-ring (bicyclic) bond motifs is 5. The third-order valence-corrected chi connectivity index (χ3v) is 15.7. The fourth-order valence-electron chi connectivity index (χ4n) is 10.6. The SMILES string of the molecule is CCCN(CCC)CCCC[C@H](NC(=O)[C@@H](NC(=O)CCCC#Cc1cnc(S(C)(=O)=O)nc1)C(C)C)C(=O)NCC(=O)NCOCC(=O)N[C@H]1CCc2c(C)c(F)cc3nc4c(c1c23)Cn1c-4cc2c(c1=O)COC(=O)[C@]2(O)CC. The largest absolute Gasteiger partial charge is 0.458 e. The summed E-state index contributed by atoms with van der Waals surface area (Å²) in [6.07, 6.45) is 8.67. The van der Waals surface area contributed by atoms with Crippen molar-refractivity contribution < 1.29 is 56.2 Å². The van der Waals surface area contributed by atoms with Crippen LogP contribution in [-0.4, -0.2) is 131 Å². The van der Waals surface area contributed by atoms with E-state index in [1.54, 1.807) is 33.8 Å². The molecule has 6 N–H and O–H groups in total. The van der Waals surface area contributed by atoms with E-state index in [1.807, 2.05) is 0 Å². The zero-order valence-electron chi connectivity index (χ0n) is 47.0. The number of carbonyl (C=O) groups is 6. The number of amides is 5. The molecule has 0 radical (unpaired) electrons. The molecule has 0 saturated heterocycles. The van der Waals surface area contributed by atoms with Gasteiger partial charge in [0.1, 0.15) is 37.8 Å². The van der Waals surface area contributed by atoms with Crippen LogP contribution in [0, 0.1) is 30.5 Å². The Morgan fingerprint density at radius 2 is 1.68 bits per heavy atom. The zero-order chi connectivity index (χ0) is 58.8. The van der Waals surface area contributed by atoms with Crippen molar-refractivity contribution in [1.82, 2.24) is 51.0 Å². The number of aryl methyl sites for hydroxylation is 1. The first-order chi connectivity index (χ1) is 38.6. The highest BCUT2D eigenvalue weighted by molar-refractivity contribution is 7.90. The first-order valence-corrected chi connectivity index (χ1v) is 29.5. The highest BCUT2D eigenvalue weighted by Gasteiger charge is 2.46. The second kappa shape index (κ2) is 27.0. The normalized spacial score (nSPS) is 16.8. The quantitative estimate of drug-likeness (QED) is 0.0152. The van der Waals surface area contributed by atoms with E-state index in [0.717, 1.165) is 50.7 Å². The van der Waals surface area contributed by atoms with E-state index in [-0.39, 0.29) is 54.6 Å². The Bertz CT molecular complexity index is 3300. The number of pyridine rings is 2. The number of unbranched alkanes of at least 4 members (excludes halogenated alkanes) is 2. The number of benzene rings is 1. The van der Waals surface area contributed by atoms with Crippen LogP contribution in [-0.2, 0) is 73.3 Å². The van der Waals surface area contributed by atoms with Gasteiger partial charge in [0.2, 0.25) is 44.5 Å². The predicted molar refractivity (Wildman–Crippen MR) is 296 cm³/mol. The second-order valence-corrected chi connectivity index (χ2v) is 23.1. The molecular weight excluding hydrogens is 1070 g/mol. The van der Waals surface area contributed by atoms with Crippen LogP contribution in [0.25, 0.3) is 22.3 Å². The number of rotatable bonds is 26. The van der Waals surface area contributed by atoms with Gasteiger partial charge >= 0.3 is 5.97 Å². The number of cyclic esters (lactones) is 1. The first-order valence-electron chi connectivity index (χ1n) is 27.7. The van der Waals surface area contributed by atoms with Crippen molar-refractivity contribution in [3.8, 4) is 23.2 Å². The molecule has 81 heavy (non-hydrogen) atoms. The van der Waals surface area contributed by atoms with E-state index in [0.29, 0.717) is 76.6 Å². The molecule has 0 bridgehead atoms. The van der Waals surface area contributed by atoms with E-state index in [4.69, 9.17) is 14.5 Å². The Labute approximate surface area is 470 Å². The van der Waals surface area contributed by atoms with E-state index in [2.05, 4.69) is 67.1 Å². The molecule has 5 amide bonds. The maximum absolute atomic E-state index is 15.4. The number of aliphatic hydroxyl groups is 1. The number of nitrogens with zero attached hydrogens (tertiary/aromatic N) is 5. The van der Waals surface area contributed by atoms with Gasteiger partial charge in [-0.2, -0.15) is 0 Å². The van der Waals surface area contributed by atoms with Crippen molar-refractivity contribution >= 4 is 56.2 Å². The third kappa shape index (κ3) is 14.5. The average Bonchev–Trinajstić information content (AvgIpc) is 3.80. The van der Waals surface area contributed by atoms with Gasteiger partial charge in [-0.05, 0) is 113 Å². The summed E-state index contributed by atoms with van der Waals surface area (Å²) in [5, 5.41) is 25.5. The van der Waals surface area contributed by atoms with Crippen LogP contribution in [0.15, 0.2) is 34.5 Å². The summed E-state index contributed by atoms with van der Waals surface area (Å²) in [5.41, 5.74) is 1.66. The molecule has 0 unspecified atom stereocenters. The summed E-state index contributed by atoms with van der Waals surface area (Å²) in [6, 6.07) is 0.250. The van der Waals surface area contributed by atoms with Crippen LogP contribution in [0.5, 0.6) is 0 Å². The molecule has 7 rings (SSSR count).